The third-order valence-corrected chi connectivity index (χ3v) is 6.53. The topological polar surface area (TPSA) is 74.3 Å². The van der Waals surface area contributed by atoms with Gasteiger partial charge in [-0.05, 0) is 35.4 Å². The van der Waals surface area contributed by atoms with Crippen molar-refractivity contribution in [2.75, 3.05) is 31.8 Å². The van der Waals surface area contributed by atoms with Crippen LogP contribution >= 0.6 is 0 Å². The molecule has 1 atom stereocenters. The molecule has 3 aromatic rings. The van der Waals surface area contributed by atoms with Crippen LogP contribution in [0.1, 0.15) is 27.0 Å². The Balaban J connectivity index is 1.41. The molecule has 6 rings (SSSR count). The number of hydrogen-bond donors (Lipinski definition) is 0. The van der Waals surface area contributed by atoms with Crippen LogP contribution in [0, 0.1) is 0 Å². The van der Waals surface area contributed by atoms with Crippen LogP contribution in [0.2, 0.25) is 0 Å². The Kier molecular flexibility index (Phi) is 4.33. The van der Waals surface area contributed by atoms with Crippen molar-refractivity contribution < 1.29 is 28.5 Å². The lowest BCUT2D eigenvalue weighted by Gasteiger charge is -2.24. The van der Waals surface area contributed by atoms with E-state index in [1.807, 2.05) is 48.5 Å². The van der Waals surface area contributed by atoms with Crippen LogP contribution in [0.3, 0.4) is 0 Å². The fourth-order valence-electron chi connectivity index (χ4n) is 4.92. The number of fused-ring (bicyclic) bond motifs is 5. The van der Waals surface area contributed by atoms with Gasteiger partial charge in [-0.1, -0.05) is 30.3 Å². The Hall–Kier alpha value is -4.00. The molecule has 1 unspecified atom stereocenters. The van der Waals surface area contributed by atoms with Gasteiger partial charge in [0.2, 0.25) is 5.91 Å². The van der Waals surface area contributed by atoms with E-state index in [1.165, 1.54) is 7.11 Å². The second-order valence-corrected chi connectivity index (χ2v) is 8.28. The first-order chi connectivity index (χ1) is 16.1. The number of benzene rings is 3. The van der Waals surface area contributed by atoms with Gasteiger partial charge < -0.3 is 23.8 Å². The molecule has 0 aromatic heterocycles. The second kappa shape index (κ2) is 7.27. The highest BCUT2D eigenvalue weighted by molar-refractivity contribution is 6.11. The van der Waals surface area contributed by atoms with E-state index < -0.39 is 11.4 Å². The second-order valence-electron chi connectivity index (χ2n) is 8.28. The Morgan fingerprint density at radius 2 is 1.67 bits per heavy atom. The minimum absolute atomic E-state index is 0.0452. The highest BCUT2D eigenvalue weighted by atomic mass is 16.6. The molecule has 7 nitrogen and oxygen atoms in total. The number of esters is 1. The van der Waals surface area contributed by atoms with Gasteiger partial charge >= 0.3 is 5.97 Å². The van der Waals surface area contributed by atoms with Crippen molar-refractivity contribution in [3.05, 3.63) is 82.9 Å². The number of anilines is 1. The van der Waals surface area contributed by atoms with Crippen molar-refractivity contribution in [2.45, 2.75) is 12.0 Å². The molecule has 0 radical (unpaired) electrons. The number of carbonyl (C=O) groups is 2. The summed E-state index contributed by atoms with van der Waals surface area (Å²) < 4.78 is 22.3. The van der Waals surface area contributed by atoms with Crippen molar-refractivity contribution in [3.8, 4) is 17.2 Å². The van der Waals surface area contributed by atoms with Crippen LogP contribution in [-0.2, 0) is 21.5 Å². The molecule has 33 heavy (non-hydrogen) atoms. The smallest absolute Gasteiger partial charge is 0.337 e. The van der Waals surface area contributed by atoms with Crippen LogP contribution in [0.5, 0.6) is 17.2 Å². The molecular weight excluding hydrogens is 422 g/mol. The summed E-state index contributed by atoms with van der Waals surface area (Å²) in [5.41, 5.74) is 3.00. The fraction of sp³-hybridized carbons (Fsp3) is 0.231. The van der Waals surface area contributed by atoms with Crippen molar-refractivity contribution in [3.63, 3.8) is 0 Å². The van der Waals surface area contributed by atoms with Crippen LogP contribution in [0.25, 0.3) is 0 Å². The fourth-order valence-corrected chi connectivity index (χ4v) is 4.92. The van der Waals surface area contributed by atoms with Gasteiger partial charge in [0.05, 0.1) is 19.2 Å². The van der Waals surface area contributed by atoms with Gasteiger partial charge in [0.1, 0.15) is 31.0 Å². The lowest BCUT2D eigenvalue weighted by Crippen LogP contribution is -2.42. The maximum Gasteiger partial charge on any atom is 0.337 e. The molecule has 3 aliphatic rings. The van der Waals surface area contributed by atoms with Crippen molar-refractivity contribution in [1.82, 2.24) is 0 Å². The molecule has 0 saturated heterocycles. The Morgan fingerprint density at radius 3 is 2.42 bits per heavy atom. The number of methoxy groups -OCH3 is 1. The van der Waals surface area contributed by atoms with E-state index in [0.29, 0.717) is 42.6 Å². The average Bonchev–Trinajstić information content (AvgIpc) is 3.34. The largest absolute Gasteiger partial charge is 0.491 e. The number of hydrogen-bond acceptors (Lipinski definition) is 6. The normalized spacial score (nSPS) is 19.8. The first kappa shape index (κ1) is 19.7. The molecule has 3 aliphatic heterocycles. The number of para-hydroxylation sites is 1. The van der Waals surface area contributed by atoms with Crippen LogP contribution in [0.4, 0.5) is 5.69 Å². The third-order valence-electron chi connectivity index (χ3n) is 6.53. The zero-order valence-electron chi connectivity index (χ0n) is 18.0. The maximum atomic E-state index is 14.0. The van der Waals surface area contributed by atoms with Gasteiger partial charge in [0.25, 0.3) is 0 Å². The molecule has 0 aliphatic carbocycles. The molecule has 3 heterocycles. The Morgan fingerprint density at radius 1 is 0.939 bits per heavy atom. The van der Waals surface area contributed by atoms with E-state index in [4.69, 9.17) is 18.9 Å². The van der Waals surface area contributed by atoms with E-state index in [2.05, 4.69) is 0 Å². The molecule has 1 amide bonds. The first-order valence-electron chi connectivity index (χ1n) is 10.8. The summed E-state index contributed by atoms with van der Waals surface area (Å²) in [5, 5.41) is 0. The molecule has 0 N–H and O–H groups in total. The number of rotatable bonds is 3. The van der Waals surface area contributed by atoms with Gasteiger partial charge in [-0.15, -0.1) is 0 Å². The van der Waals surface area contributed by atoms with Gasteiger partial charge in [-0.2, -0.15) is 0 Å². The Labute approximate surface area is 190 Å². The monoisotopic (exact) mass is 443 g/mol. The number of nitrogens with zero attached hydrogens (tertiary/aromatic N) is 1. The predicted molar refractivity (Wildman–Crippen MR) is 119 cm³/mol. The van der Waals surface area contributed by atoms with Gasteiger partial charge in [-0.25, -0.2) is 4.79 Å². The number of ether oxygens (including phenoxy) is 4. The van der Waals surface area contributed by atoms with Crippen molar-refractivity contribution >= 4 is 17.6 Å². The van der Waals surface area contributed by atoms with Crippen LogP contribution in [-0.4, -0.2) is 38.8 Å². The number of carbonyl (C=O) groups excluding carboxylic acids is 2. The van der Waals surface area contributed by atoms with Gasteiger partial charge in [0, 0.05) is 17.3 Å². The third kappa shape index (κ3) is 2.81. The zero-order valence-corrected chi connectivity index (χ0v) is 18.0. The zero-order chi connectivity index (χ0) is 22.6. The summed E-state index contributed by atoms with van der Waals surface area (Å²) in [6, 6.07) is 18.6. The average molecular weight is 443 g/mol. The molecule has 0 saturated carbocycles. The maximum absolute atomic E-state index is 14.0. The van der Waals surface area contributed by atoms with E-state index in [-0.39, 0.29) is 12.5 Å². The summed E-state index contributed by atoms with van der Waals surface area (Å²) >= 11 is 0. The van der Waals surface area contributed by atoms with Crippen LogP contribution < -0.4 is 19.1 Å². The number of amides is 1. The lowest BCUT2D eigenvalue weighted by atomic mass is 9.77. The summed E-state index contributed by atoms with van der Waals surface area (Å²) in [6.45, 7) is 1.55. The highest BCUT2D eigenvalue weighted by Crippen LogP contribution is 2.54. The predicted octanol–water partition coefficient (Wildman–Crippen LogP) is 3.47. The minimum Gasteiger partial charge on any atom is -0.491 e. The molecular formula is C26H21NO6. The highest BCUT2D eigenvalue weighted by Gasteiger charge is 2.57. The SMILES string of the molecule is COC(=O)c1ccc(CN2C(=O)C3(COc4cc5c(cc43)OCCO5)c3ccccc32)cc1. The molecule has 1 spiro atoms. The molecule has 3 aromatic carbocycles. The molecule has 7 heteroatoms. The first-order valence-corrected chi connectivity index (χ1v) is 10.8. The Bertz CT molecular complexity index is 1280. The standard InChI is InChI=1S/C26H21NO6/c1-30-24(28)17-8-6-16(7-9-17)14-27-20-5-3-2-4-18(20)26(25(27)29)15-33-21-13-23-22(12-19(21)26)31-10-11-32-23/h2-9,12-13H,10-11,14-15H2,1H3. The van der Waals surface area contributed by atoms with Crippen LogP contribution in [0.15, 0.2) is 60.7 Å². The van der Waals surface area contributed by atoms with Gasteiger partial charge in [-0.3, -0.25) is 4.79 Å². The van der Waals surface area contributed by atoms with Crippen molar-refractivity contribution in [2.24, 2.45) is 0 Å². The van der Waals surface area contributed by atoms with Crippen molar-refractivity contribution in [1.29, 1.82) is 0 Å². The van der Waals surface area contributed by atoms with E-state index >= 15 is 0 Å². The lowest BCUT2D eigenvalue weighted by molar-refractivity contribution is -0.122. The molecule has 0 fully saturated rings. The quantitative estimate of drug-likeness (QED) is 0.577. The summed E-state index contributed by atoms with van der Waals surface area (Å²) in [4.78, 5) is 27.6. The molecule has 166 valence electrons. The summed E-state index contributed by atoms with van der Waals surface area (Å²) in [5.74, 6) is 1.48. The summed E-state index contributed by atoms with van der Waals surface area (Å²) in [7, 11) is 1.35. The van der Waals surface area contributed by atoms with E-state index in [0.717, 1.165) is 22.4 Å². The molecule has 0 bridgehead atoms. The van der Waals surface area contributed by atoms with E-state index in [9.17, 15) is 9.59 Å². The van der Waals surface area contributed by atoms with Gasteiger partial charge in [0.15, 0.2) is 11.5 Å². The minimum atomic E-state index is -0.937. The van der Waals surface area contributed by atoms with E-state index in [1.54, 1.807) is 17.0 Å². The summed E-state index contributed by atoms with van der Waals surface area (Å²) in [6.07, 6.45) is 0.